The normalized spacial score (nSPS) is 42.6. The van der Waals surface area contributed by atoms with Crippen molar-refractivity contribution in [1.82, 2.24) is 0 Å². The summed E-state index contributed by atoms with van der Waals surface area (Å²) in [4.78, 5) is 11.7. The van der Waals surface area contributed by atoms with Gasteiger partial charge in [0.1, 0.15) is 0 Å². The maximum atomic E-state index is 11.7. The number of rotatable bonds is 0. The Balaban J connectivity index is 2.50. The van der Waals surface area contributed by atoms with Gasteiger partial charge >= 0.3 is 0 Å². The van der Waals surface area contributed by atoms with Crippen LogP contribution in [-0.2, 0) is 4.79 Å². The van der Waals surface area contributed by atoms with Crippen molar-refractivity contribution in [3.63, 3.8) is 0 Å². The van der Waals surface area contributed by atoms with Crippen molar-refractivity contribution in [2.75, 3.05) is 0 Å². The molecule has 3 aliphatic carbocycles. The van der Waals surface area contributed by atoms with Gasteiger partial charge in [-0.25, -0.2) is 0 Å². The SMILES string of the molecule is CC12C=CC(CC1)C(=CO)C2=O. The van der Waals surface area contributed by atoms with E-state index in [1.165, 1.54) is 0 Å². The van der Waals surface area contributed by atoms with E-state index >= 15 is 0 Å². The lowest BCUT2D eigenvalue weighted by molar-refractivity contribution is -0.124. The Bertz CT molecular complexity index is 288. The van der Waals surface area contributed by atoms with E-state index in [0.29, 0.717) is 5.57 Å². The van der Waals surface area contributed by atoms with Gasteiger partial charge in [0.05, 0.1) is 6.26 Å². The summed E-state index contributed by atoms with van der Waals surface area (Å²) in [6, 6.07) is 0. The van der Waals surface area contributed by atoms with Gasteiger partial charge in [0.25, 0.3) is 0 Å². The van der Waals surface area contributed by atoms with Crippen LogP contribution in [0.5, 0.6) is 0 Å². The van der Waals surface area contributed by atoms with Crippen LogP contribution in [-0.4, -0.2) is 10.9 Å². The van der Waals surface area contributed by atoms with E-state index in [1.54, 1.807) is 0 Å². The van der Waals surface area contributed by atoms with Crippen LogP contribution in [0.2, 0.25) is 0 Å². The number of allylic oxidation sites excluding steroid dienone is 3. The fourth-order valence-electron chi connectivity index (χ4n) is 2.06. The minimum atomic E-state index is -0.330. The molecule has 1 saturated carbocycles. The molecule has 1 fully saturated rings. The first kappa shape index (κ1) is 7.59. The van der Waals surface area contributed by atoms with E-state index in [4.69, 9.17) is 5.11 Å². The van der Waals surface area contributed by atoms with E-state index in [2.05, 4.69) is 0 Å². The molecule has 0 aromatic heterocycles. The van der Waals surface area contributed by atoms with Gasteiger partial charge in [-0.3, -0.25) is 4.79 Å². The lowest BCUT2D eigenvalue weighted by Crippen LogP contribution is -2.38. The van der Waals surface area contributed by atoms with E-state index < -0.39 is 0 Å². The zero-order valence-electron chi connectivity index (χ0n) is 7.08. The maximum Gasteiger partial charge on any atom is 0.172 e. The predicted octanol–water partition coefficient (Wildman–Crippen LogP) is 1.98. The van der Waals surface area contributed by atoms with Gasteiger partial charge in [-0.1, -0.05) is 12.2 Å². The Morgan fingerprint density at radius 2 is 2.50 bits per heavy atom. The summed E-state index contributed by atoms with van der Waals surface area (Å²) in [6.07, 6.45) is 6.91. The Morgan fingerprint density at radius 3 is 2.92 bits per heavy atom. The van der Waals surface area contributed by atoms with E-state index in [9.17, 15) is 4.79 Å². The van der Waals surface area contributed by atoms with Crippen molar-refractivity contribution in [2.45, 2.75) is 19.8 Å². The van der Waals surface area contributed by atoms with Gasteiger partial charge in [0.2, 0.25) is 0 Å². The molecule has 2 heteroatoms. The molecule has 2 atom stereocenters. The smallest absolute Gasteiger partial charge is 0.172 e. The number of carbonyl (C=O) groups is 1. The Labute approximate surface area is 71.6 Å². The van der Waals surface area contributed by atoms with Crippen molar-refractivity contribution >= 4 is 5.78 Å². The van der Waals surface area contributed by atoms with Crippen molar-refractivity contribution in [2.24, 2.45) is 11.3 Å². The molecule has 3 aliphatic rings. The van der Waals surface area contributed by atoms with Crippen molar-refractivity contribution < 1.29 is 9.90 Å². The summed E-state index contributed by atoms with van der Waals surface area (Å²) in [5, 5.41) is 8.88. The molecule has 0 heterocycles. The van der Waals surface area contributed by atoms with Crippen LogP contribution in [0.1, 0.15) is 19.8 Å². The average Bonchev–Trinajstić information content (AvgIpc) is 2.08. The second-order valence-corrected chi connectivity index (χ2v) is 3.84. The highest BCUT2D eigenvalue weighted by molar-refractivity contribution is 6.03. The topological polar surface area (TPSA) is 37.3 Å². The first-order valence-electron chi connectivity index (χ1n) is 4.26. The summed E-state index contributed by atoms with van der Waals surface area (Å²) in [5.41, 5.74) is 0.259. The molecule has 0 aromatic carbocycles. The molecule has 2 bridgehead atoms. The Morgan fingerprint density at radius 1 is 1.75 bits per heavy atom. The van der Waals surface area contributed by atoms with E-state index in [0.717, 1.165) is 19.1 Å². The Hall–Kier alpha value is -1.05. The predicted molar refractivity (Wildman–Crippen MR) is 45.7 cm³/mol. The highest BCUT2D eigenvalue weighted by Gasteiger charge is 2.43. The number of carbonyl (C=O) groups excluding carboxylic acids is 1. The third-order valence-electron chi connectivity index (χ3n) is 2.99. The number of hydrogen-bond donors (Lipinski definition) is 1. The second kappa shape index (κ2) is 2.22. The summed E-state index contributed by atoms with van der Waals surface area (Å²) in [5.74, 6) is 0.271. The molecule has 0 saturated heterocycles. The van der Waals surface area contributed by atoms with Crippen LogP contribution in [0, 0.1) is 11.3 Å². The molecule has 0 aromatic rings. The molecule has 0 spiro atoms. The van der Waals surface area contributed by atoms with Crippen LogP contribution < -0.4 is 0 Å². The molecule has 0 radical (unpaired) electrons. The van der Waals surface area contributed by atoms with Crippen LogP contribution in [0.25, 0.3) is 0 Å². The molecular formula is C10H12O2. The molecular weight excluding hydrogens is 152 g/mol. The summed E-state index contributed by atoms with van der Waals surface area (Å²) in [6.45, 7) is 1.94. The first-order chi connectivity index (χ1) is 5.67. The number of aliphatic hydroxyl groups excluding tert-OH is 1. The zero-order valence-corrected chi connectivity index (χ0v) is 7.08. The monoisotopic (exact) mass is 164 g/mol. The molecule has 2 nitrogen and oxygen atoms in total. The van der Waals surface area contributed by atoms with Crippen LogP contribution in [0.15, 0.2) is 24.0 Å². The molecule has 2 unspecified atom stereocenters. The molecule has 3 rings (SSSR count). The Kier molecular flexibility index (Phi) is 1.40. The lowest BCUT2D eigenvalue weighted by Gasteiger charge is -2.38. The number of hydrogen-bond acceptors (Lipinski definition) is 2. The van der Waals surface area contributed by atoms with Crippen LogP contribution in [0.4, 0.5) is 0 Å². The molecule has 0 aliphatic heterocycles. The summed E-state index contributed by atoms with van der Waals surface area (Å²) < 4.78 is 0. The minimum Gasteiger partial charge on any atom is -0.515 e. The zero-order chi connectivity index (χ0) is 8.77. The number of fused-ring (bicyclic) bond motifs is 2. The minimum absolute atomic E-state index is 0.101. The standard InChI is InChI=1S/C10H12O2/c1-10-4-2-7(3-5-10)8(6-11)9(10)12/h2,4,6-7,11H,3,5H2,1H3. The fourth-order valence-corrected chi connectivity index (χ4v) is 2.06. The van der Waals surface area contributed by atoms with Gasteiger partial charge < -0.3 is 5.11 Å². The summed E-state index contributed by atoms with van der Waals surface area (Å²) in [7, 11) is 0. The molecule has 0 amide bonds. The van der Waals surface area contributed by atoms with Crippen LogP contribution in [0.3, 0.4) is 0 Å². The highest BCUT2D eigenvalue weighted by Crippen LogP contribution is 2.45. The average molecular weight is 164 g/mol. The van der Waals surface area contributed by atoms with Crippen molar-refractivity contribution in [3.8, 4) is 0 Å². The second-order valence-electron chi connectivity index (χ2n) is 3.84. The number of Topliss-reactive ketones (excluding diaryl/α,β-unsaturated/α-hetero) is 1. The maximum absolute atomic E-state index is 11.7. The number of ketones is 1. The van der Waals surface area contributed by atoms with Gasteiger partial charge in [-0.15, -0.1) is 0 Å². The third kappa shape index (κ3) is 0.779. The quantitative estimate of drug-likeness (QED) is 0.337. The highest BCUT2D eigenvalue weighted by atomic mass is 16.2. The molecule has 64 valence electrons. The van der Waals surface area contributed by atoms with Gasteiger partial charge in [-0.2, -0.15) is 0 Å². The number of aliphatic hydroxyl groups is 1. The molecule has 12 heavy (non-hydrogen) atoms. The van der Waals surface area contributed by atoms with Gasteiger partial charge in [0, 0.05) is 16.9 Å². The van der Waals surface area contributed by atoms with Crippen LogP contribution >= 0.6 is 0 Å². The fraction of sp³-hybridized carbons (Fsp3) is 0.500. The van der Waals surface area contributed by atoms with E-state index in [-0.39, 0.29) is 17.1 Å². The van der Waals surface area contributed by atoms with Crippen molar-refractivity contribution in [1.29, 1.82) is 0 Å². The van der Waals surface area contributed by atoms with Gasteiger partial charge in [0.15, 0.2) is 5.78 Å². The largest absolute Gasteiger partial charge is 0.515 e. The first-order valence-corrected chi connectivity index (χ1v) is 4.26. The molecule has 1 N–H and O–H groups in total. The summed E-state index contributed by atoms with van der Waals surface area (Å²) >= 11 is 0. The van der Waals surface area contributed by atoms with Gasteiger partial charge in [-0.05, 0) is 19.8 Å². The van der Waals surface area contributed by atoms with Crippen molar-refractivity contribution in [3.05, 3.63) is 24.0 Å². The van der Waals surface area contributed by atoms with E-state index in [1.807, 2.05) is 19.1 Å². The lowest BCUT2D eigenvalue weighted by atomic mass is 9.63. The third-order valence-corrected chi connectivity index (χ3v) is 2.99.